The molecule has 3 aliphatic rings. The third-order valence-electron chi connectivity index (χ3n) is 6.32. The Hall–Kier alpha value is -2.49. The Morgan fingerprint density at radius 1 is 1.41 bits per heavy atom. The molecule has 0 radical (unpaired) electrons. The Labute approximate surface area is 165 Å². The van der Waals surface area contributed by atoms with Crippen molar-refractivity contribution >= 4 is 16.9 Å². The predicted molar refractivity (Wildman–Crippen MR) is 102 cm³/mol. The van der Waals surface area contributed by atoms with Crippen LogP contribution >= 0.6 is 0 Å². The minimum atomic E-state index is -1.34. The maximum atomic E-state index is 15.4. The van der Waals surface area contributed by atoms with Crippen molar-refractivity contribution in [3.05, 3.63) is 39.4 Å². The lowest BCUT2D eigenvalue weighted by atomic mass is 9.91. The van der Waals surface area contributed by atoms with Gasteiger partial charge in [-0.15, -0.1) is 0 Å². The molecule has 1 aromatic carbocycles. The second kappa shape index (κ2) is 6.51. The maximum absolute atomic E-state index is 15.4. The number of piperazine rings is 1. The third-order valence-corrected chi connectivity index (χ3v) is 6.32. The topological polar surface area (TPSA) is 104 Å². The van der Waals surface area contributed by atoms with Crippen LogP contribution in [0.1, 0.15) is 41.3 Å². The van der Waals surface area contributed by atoms with Gasteiger partial charge in [-0.3, -0.25) is 9.69 Å². The van der Waals surface area contributed by atoms with E-state index in [1.165, 1.54) is 6.20 Å². The lowest BCUT2D eigenvalue weighted by Crippen LogP contribution is -2.50. The molecular formula is C20H22FN3O5. The number of hydrogen-bond acceptors (Lipinski definition) is 6. The van der Waals surface area contributed by atoms with E-state index in [2.05, 4.69) is 10.2 Å². The number of aliphatic hydroxyl groups is 1. The average molecular weight is 403 g/mol. The minimum absolute atomic E-state index is 0.00632. The molecule has 5 rings (SSSR count). The third kappa shape index (κ3) is 2.68. The normalized spacial score (nSPS) is 28.9. The van der Waals surface area contributed by atoms with Crippen LogP contribution in [0.3, 0.4) is 0 Å². The fourth-order valence-corrected chi connectivity index (χ4v) is 4.99. The first-order valence-corrected chi connectivity index (χ1v) is 9.79. The summed E-state index contributed by atoms with van der Waals surface area (Å²) < 4.78 is 23.0. The summed E-state index contributed by atoms with van der Waals surface area (Å²) in [6, 6.07) is 0.457. The van der Waals surface area contributed by atoms with E-state index in [1.54, 1.807) is 4.57 Å². The molecule has 29 heavy (non-hydrogen) atoms. The summed E-state index contributed by atoms with van der Waals surface area (Å²) >= 11 is 0. The number of aliphatic hydroxyl groups excluding tert-OH is 1. The van der Waals surface area contributed by atoms with E-state index >= 15 is 4.39 Å². The summed E-state index contributed by atoms with van der Waals surface area (Å²) in [6.45, 7) is 4.07. The molecule has 0 spiro atoms. The van der Waals surface area contributed by atoms with Crippen LogP contribution in [0.2, 0.25) is 0 Å². The Morgan fingerprint density at radius 3 is 2.97 bits per heavy atom. The number of fused-ring (bicyclic) bond motifs is 1. The quantitative estimate of drug-likeness (QED) is 0.684. The number of nitrogens with zero attached hydrogens (tertiary/aromatic N) is 2. The molecule has 3 N–H and O–H groups in total. The largest absolute Gasteiger partial charge is 0.489 e. The maximum Gasteiger partial charge on any atom is 0.341 e. The van der Waals surface area contributed by atoms with Gasteiger partial charge in [0.15, 0.2) is 5.75 Å². The number of nitrogens with one attached hydrogen (secondary N) is 1. The molecule has 2 aromatic rings. The highest BCUT2D eigenvalue weighted by Crippen LogP contribution is 2.43. The predicted octanol–water partition coefficient (Wildman–Crippen LogP) is 0.872. The van der Waals surface area contributed by atoms with Gasteiger partial charge in [0.25, 0.3) is 0 Å². The summed E-state index contributed by atoms with van der Waals surface area (Å²) in [6.07, 6.45) is 1.39. The molecule has 4 heterocycles. The van der Waals surface area contributed by atoms with Crippen LogP contribution < -0.4 is 15.5 Å². The van der Waals surface area contributed by atoms with Crippen LogP contribution in [0.25, 0.3) is 10.9 Å². The molecule has 2 fully saturated rings. The zero-order chi connectivity index (χ0) is 20.4. The Morgan fingerprint density at radius 2 is 2.21 bits per heavy atom. The summed E-state index contributed by atoms with van der Waals surface area (Å²) in [4.78, 5) is 26.4. The number of halogens is 1. The van der Waals surface area contributed by atoms with Crippen molar-refractivity contribution in [3.8, 4) is 5.75 Å². The number of carboxylic acid groups (broad SMARTS) is 1. The van der Waals surface area contributed by atoms with Crippen molar-refractivity contribution in [3.63, 3.8) is 0 Å². The molecule has 4 atom stereocenters. The van der Waals surface area contributed by atoms with Crippen molar-refractivity contribution in [2.75, 3.05) is 26.2 Å². The van der Waals surface area contributed by atoms with Gasteiger partial charge in [-0.05, 0) is 19.4 Å². The van der Waals surface area contributed by atoms with Gasteiger partial charge in [0, 0.05) is 31.9 Å². The zero-order valence-electron chi connectivity index (χ0n) is 15.9. The Balaban J connectivity index is 1.77. The standard InChI is InChI=1S/C20H22FN3O5/c1-9-8-29-19-15(16-14-4-10(25)6-23(14)3-2-22-16)13(21)5-11-17(19)24(9)7-12(18(11)26)20(27)28/h5,7,9-10,14,16,22,25H,2-4,6,8H2,1H3,(H,27,28)/t9-,10?,14?,16+/m0/s1. The van der Waals surface area contributed by atoms with Gasteiger partial charge < -0.3 is 24.8 Å². The SMILES string of the molecule is C[C@H]1COc2c([C@@H]3NCCN4CC(O)CC34)c(F)cc3c(=O)c(C(=O)O)cn1c23. The van der Waals surface area contributed by atoms with Gasteiger partial charge in [0.1, 0.15) is 18.0 Å². The molecule has 2 unspecified atom stereocenters. The second-order valence-electron chi connectivity index (χ2n) is 8.13. The molecule has 8 nitrogen and oxygen atoms in total. The molecule has 9 heteroatoms. The van der Waals surface area contributed by atoms with Crippen LogP contribution in [0.15, 0.2) is 17.1 Å². The first-order chi connectivity index (χ1) is 13.9. The van der Waals surface area contributed by atoms with Gasteiger partial charge in [-0.2, -0.15) is 0 Å². The van der Waals surface area contributed by atoms with E-state index in [-0.39, 0.29) is 35.4 Å². The molecule has 154 valence electrons. The molecule has 0 bridgehead atoms. The van der Waals surface area contributed by atoms with Crippen molar-refractivity contribution in [1.29, 1.82) is 0 Å². The first kappa shape index (κ1) is 18.5. The zero-order valence-corrected chi connectivity index (χ0v) is 15.9. The van der Waals surface area contributed by atoms with Crippen LogP contribution in [-0.2, 0) is 0 Å². The van der Waals surface area contributed by atoms with E-state index in [4.69, 9.17) is 4.74 Å². The number of pyridine rings is 1. The van der Waals surface area contributed by atoms with Crippen LogP contribution in [0.4, 0.5) is 4.39 Å². The van der Waals surface area contributed by atoms with Crippen molar-refractivity contribution in [2.24, 2.45) is 0 Å². The van der Waals surface area contributed by atoms with Gasteiger partial charge in [-0.25, -0.2) is 9.18 Å². The van der Waals surface area contributed by atoms with Crippen molar-refractivity contribution in [2.45, 2.75) is 37.6 Å². The van der Waals surface area contributed by atoms with E-state index < -0.39 is 29.4 Å². The van der Waals surface area contributed by atoms with E-state index in [0.717, 1.165) is 12.6 Å². The minimum Gasteiger partial charge on any atom is -0.489 e. The van der Waals surface area contributed by atoms with Gasteiger partial charge >= 0.3 is 5.97 Å². The van der Waals surface area contributed by atoms with Gasteiger partial charge in [0.2, 0.25) is 5.43 Å². The number of ether oxygens (including phenoxy) is 1. The number of hydrogen-bond donors (Lipinski definition) is 3. The lowest BCUT2D eigenvalue weighted by Gasteiger charge is -2.39. The molecule has 3 aliphatic heterocycles. The molecular weight excluding hydrogens is 381 g/mol. The van der Waals surface area contributed by atoms with Crippen LogP contribution in [0.5, 0.6) is 5.75 Å². The van der Waals surface area contributed by atoms with E-state index in [0.29, 0.717) is 30.6 Å². The number of carboxylic acids is 1. The summed E-state index contributed by atoms with van der Waals surface area (Å²) in [5, 5.41) is 22.9. The van der Waals surface area contributed by atoms with Crippen LogP contribution in [-0.4, -0.2) is 64.0 Å². The number of aromatic nitrogens is 1. The van der Waals surface area contributed by atoms with Crippen molar-refractivity contribution in [1.82, 2.24) is 14.8 Å². The number of aromatic carboxylic acids is 1. The number of benzene rings is 1. The van der Waals surface area contributed by atoms with Gasteiger partial charge in [0.05, 0.1) is 34.7 Å². The van der Waals surface area contributed by atoms with Crippen LogP contribution in [0, 0.1) is 5.82 Å². The van der Waals surface area contributed by atoms with E-state index in [1.807, 2.05) is 6.92 Å². The monoisotopic (exact) mass is 403 g/mol. The first-order valence-electron chi connectivity index (χ1n) is 9.79. The highest BCUT2D eigenvalue weighted by atomic mass is 19.1. The average Bonchev–Trinajstić information content (AvgIpc) is 3.06. The molecule has 2 saturated heterocycles. The van der Waals surface area contributed by atoms with Crippen molar-refractivity contribution < 1.29 is 24.1 Å². The molecule has 1 aromatic heterocycles. The summed E-state index contributed by atoms with van der Waals surface area (Å²) in [5.41, 5.74) is -0.343. The highest BCUT2D eigenvalue weighted by molar-refractivity contribution is 5.95. The fourth-order valence-electron chi connectivity index (χ4n) is 4.99. The lowest BCUT2D eigenvalue weighted by molar-refractivity contribution is 0.0694. The number of rotatable bonds is 2. The highest BCUT2D eigenvalue weighted by Gasteiger charge is 2.42. The Kier molecular flexibility index (Phi) is 4.16. The summed E-state index contributed by atoms with van der Waals surface area (Å²) in [5.74, 6) is -1.66. The molecule has 0 amide bonds. The number of carbonyl (C=O) groups is 1. The summed E-state index contributed by atoms with van der Waals surface area (Å²) in [7, 11) is 0. The smallest absolute Gasteiger partial charge is 0.341 e. The second-order valence-corrected chi connectivity index (χ2v) is 8.13. The Bertz CT molecular complexity index is 1080. The fraction of sp³-hybridized carbons (Fsp3) is 0.500. The van der Waals surface area contributed by atoms with Gasteiger partial charge in [-0.1, -0.05) is 0 Å². The molecule has 0 saturated carbocycles. The van der Waals surface area contributed by atoms with E-state index in [9.17, 15) is 19.8 Å². The molecule has 0 aliphatic carbocycles.